The van der Waals surface area contributed by atoms with Gasteiger partial charge in [0.1, 0.15) is 11.5 Å². The molecule has 1 aromatic heterocycles. The van der Waals surface area contributed by atoms with E-state index in [0.717, 1.165) is 5.56 Å². The second kappa shape index (κ2) is 8.92. The maximum atomic E-state index is 12.4. The van der Waals surface area contributed by atoms with Gasteiger partial charge in [-0.3, -0.25) is 4.79 Å². The number of amides is 1. The largest absolute Gasteiger partial charge is 0.497 e. The fraction of sp³-hybridized carbons (Fsp3) is 0.190. The molecule has 0 spiro atoms. The van der Waals surface area contributed by atoms with Crippen LogP contribution in [0.25, 0.3) is 11.3 Å². The number of rotatable bonds is 7. The van der Waals surface area contributed by atoms with E-state index < -0.39 is 5.97 Å². The van der Waals surface area contributed by atoms with Crippen molar-refractivity contribution < 1.29 is 28.3 Å². The van der Waals surface area contributed by atoms with Crippen LogP contribution in [0.2, 0.25) is 0 Å². The summed E-state index contributed by atoms with van der Waals surface area (Å²) < 4.78 is 20.5. The van der Waals surface area contributed by atoms with E-state index in [1.165, 1.54) is 13.2 Å². The summed E-state index contributed by atoms with van der Waals surface area (Å²) in [5.41, 5.74) is 2.02. The zero-order valence-electron chi connectivity index (χ0n) is 16.2. The lowest BCUT2D eigenvalue weighted by atomic mass is 10.1. The molecule has 0 aliphatic carbocycles. The third-order valence-electron chi connectivity index (χ3n) is 4.24. The van der Waals surface area contributed by atoms with Crippen molar-refractivity contribution in [1.29, 1.82) is 0 Å². The molecule has 0 atom stereocenters. The van der Waals surface area contributed by atoms with Crippen LogP contribution in [0.1, 0.15) is 26.4 Å². The van der Waals surface area contributed by atoms with Crippen LogP contribution >= 0.6 is 0 Å². The molecule has 1 heterocycles. The minimum Gasteiger partial charge on any atom is -0.497 e. The summed E-state index contributed by atoms with van der Waals surface area (Å²) in [6.45, 7) is 0.269. The van der Waals surface area contributed by atoms with Gasteiger partial charge in [-0.05, 0) is 35.9 Å². The molecule has 0 saturated heterocycles. The van der Waals surface area contributed by atoms with Crippen molar-refractivity contribution in [3.8, 4) is 22.8 Å². The third kappa shape index (κ3) is 4.55. The topological polar surface area (TPSA) is 99.9 Å². The SMILES string of the molecule is COC(=O)c1ccc(CNC(=O)c2cc(-c3cc(OC)ccc3OC)on2)cc1. The number of hydrogen-bond acceptors (Lipinski definition) is 7. The van der Waals surface area contributed by atoms with Crippen LogP contribution in [0.3, 0.4) is 0 Å². The Hall–Kier alpha value is -3.81. The van der Waals surface area contributed by atoms with Gasteiger partial charge in [0.2, 0.25) is 0 Å². The fourth-order valence-corrected chi connectivity index (χ4v) is 2.67. The Kier molecular flexibility index (Phi) is 6.13. The van der Waals surface area contributed by atoms with Gasteiger partial charge in [-0.15, -0.1) is 0 Å². The average molecular weight is 396 g/mol. The summed E-state index contributed by atoms with van der Waals surface area (Å²) >= 11 is 0. The van der Waals surface area contributed by atoms with Gasteiger partial charge in [0.05, 0.1) is 32.5 Å². The molecule has 3 rings (SSSR count). The Morgan fingerprint density at radius 3 is 2.41 bits per heavy atom. The van der Waals surface area contributed by atoms with Crippen LogP contribution in [0.5, 0.6) is 11.5 Å². The Balaban J connectivity index is 1.69. The quantitative estimate of drug-likeness (QED) is 0.613. The van der Waals surface area contributed by atoms with E-state index in [2.05, 4.69) is 15.2 Å². The number of carbonyl (C=O) groups excluding carboxylic acids is 2. The molecule has 8 nitrogen and oxygen atoms in total. The van der Waals surface area contributed by atoms with Gasteiger partial charge in [-0.1, -0.05) is 17.3 Å². The minimum atomic E-state index is -0.413. The fourth-order valence-electron chi connectivity index (χ4n) is 2.67. The number of nitrogens with zero attached hydrogens (tertiary/aromatic N) is 1. The van der Waals surface area contributed by atoms with E-state index in [0.29, 0.717) is 28.4 Å². The van der Waals surface area contributed by atoms with Crippen LogP contribution in [-0.2, 0) is 11.3 Å². The second-order valence-electron chi connectivity index (χ2n) is 6.01. The number of benzene rings is 2. The summed E-state index contributed by atoms with van der Waals surface area (Å²) in [4.78, 5) is 23.9. The smallest absolute Gasteiger partial charge is 0.337 e. The van der Waals surface area contributed by atoms with Gasteiger partial charge in [0.25, 0.3) is 5.91 Å². The number of nitrogens with one attached hydrogen (secondary N) is 1. The van der Waals surface area contributed by atoms with Gasteiger partial charge >= 0.3 is 5.97 Å². The van der Waals surface area contributed by atoms with Gasteiger partial charge in [0.15, 0.2) is 11.5 Å². The van der Waals surface area contributed by atoms with Crippen LogP contribution in [0.4, 0.5) is 0 Å². The van der Waals surface area contributed by atoms with Crippen LogP contribution in [0, 0.1) is 0 Å². The maximum Gasteiger partial charge on any atom is 0.337 e. The molecule has 1 amide bonds. The summed E-state index contributed by atoms with van der Waals surface area (Å²) in [5, 5.41) is 6.60. The minimum absolute atomic E-state index is 0.135. The number of esters is 1. The van der Waals surface area contributed by atoms with E-state index in [9.17, 15) is 9.59 Å². The van der Waals surface area contributed by atoms with Crippen LogP contribution in [0.15, 0.2) is 53.1 Å². The van der Waals surface area contributed by atoms with Crippen molar-refractivity contribution >= 4 is 11.9 Å². The Labute approximate surface area is 167 Å². The molecular formula is C21H20N2O6. The molecule has 0 bridgehead atoms. The van der Waals surface area contributed by atoms with E-state index in [1.807, 2.05) is 0 Å². The highest BCUT2D eigenvalue weighted by atomic mass is 16.5. The van der Waals surface area contributed by atoms with Crippen LogP contribution in [-0.4, -0.2) is 38.4 Å². The molecule has 0 radical (unpaired) electrons. The van der Waals surface area contributed by atoms with Gasteiger partial charge in [-0.25, -0.2) is 4.79 Å². The van der Waals surface area contributed by atoms with Crippen molar-refractivity contribution in [2.24, 2.45) is 0 Å². The first-order valence-electron chi connectivity index (χ1n) is 8.70. The Bertz CT molecular complexity index is 1010. The first-order valence-corrected chi connectivity index (χ1v) is 8.70. The van der Waals surface area contributed by atoms with E-state index >= 15 is 0 Å². The van der Waals surface area contributed by atoms with Gasteiger partial charge < -0.3 is 24.1 Å². The van der Waals surface area contributed by atoms with E-state index in [4.69, 9.17) is 14.0 Å². The summed E-state index contributed by atoms with van der Waals surface area (Å²) in [7, 11) is 4.42. The first-order chi connectivity index (χ1) is 14.0. The molecular weight excluding hydrogens is 376 g/mol. The molecule has 0 aliphatic heterocycles. The predicted octanol–water partition coefficient (Wildman–Crippen LogP) is 3.08. The lowest BCUT2D eigenvalue weighted by Gasteiger charge is -2.07. The number of methoxy groups -OCH3 is 3. The van der Waals surface area contributed by atoms with E-state index in [1.54, 1.807) is 56.7 Å². The number of ether oxygens (including phenoxy) is 3. The average Bonchev–Trinajstić information content (AvgIpc) is 3.27. The lowest BCUT2D eigenvalue weighted by Crippen LogP contribution is -2.23. The molecule has 29 heavy (non-hydrogen) atoms. The molecule has 0 fully saturated rings. The highest BCUT2D eigenvalue weighted by Crippen LogP contribution is 2.33. The van der Waals surface area contributed by atoms with E-state index in [-0.39, 0.29) is 18.1 Å². The zero-order valence-corrected chi connectivity index (χ0v) is 16.2. The first kappa shape index (κ1) is 19.9. The lowest BCUT2D eigenvalue weighted by molar-refractivity contribution is 0.0600. The van der Waals surface area contributed by atoms with Crippen molar-refractivity contribution in [2.75, 3.05) is 21.3 Å². The monoisotopic (exact) mass is 396 g/mol. The van der Waals surface area contributed by atoms with Crippen molar-refractivity contribution in [3.05, 3.63) is 65.4 Å². The summed E-state index contributed by atoms with van der Waals surface area (Å²) in [6.07, 6.45) is 0. The Morgan fingerprint density at radius 1 is 1.00 bits per heavy atom. The molecule has 2 aromatic carbocycles. The van der Waals surface area contributed by atoms with Crippen molar-refractivity contribution in [3.63, 3.8) is 0 Å². The zero-order chi connectivity index (χ0) is 20.8. The molecule has 3 aromatic rings. The predicted molar refractivity (Wildman–Crippen MR) is 104 cm³/mol. The Morgan fingerprint density at radius 2 is 1.76 bits per heavy atom. The van der Waals surface area contributed by atoms with Gasteiger partial charge in [-0.2, -0.15) is 0 Å². The third-order valence-corrected chi connectivity index (χ3v) is 4.24. The highest BCUT2D eigenvalue weighted by molar-refractivity contribution is 5.93. The molecule has 0 aliphatic rings. The molecule has 8 heteroatoms. The van der Waals surface area contributed by atoms with Crippen molar-refractivity contribution in [2.45, 2.75) is 6.54 Å². The second-order valence-corrected chi connectivity index (χ2v) is 6.01. The number of carbonyl (C=O) groups is 2. The normalized spacial score (nSPS) is 10.3. The highest BCUT2D eigenvalue weighted by Gasteiger charge is 2.17. The summed E-state index contributed by atoms with van der Waals surface area (Å²) in [6, 6.07) is 13.5. The standard InChI is InChI=1S/C21H20N2O6/c1-26-15-8-9-18(27-2)16(10-15)19-11-17(23-29-19)20(24)22-12-13-4-6-14(7-5-13)21(25)28-3/h4-11H,12H2,1-3H3,(H,22,24). The van der Waals surface area contributed by atoms with Gasteiger partial charge in [0, 0.05) is 12.6 Å². The maximum absolute atomic E-state index is 12.4. The molecule has 1 N–H and O–H groups in total. The number of hydrogen-bond donors (Lipinski definition) is 1. The molecule has 150 valence electrons. The number of aromatic nitrogens is 1. The van der Waals surface area contributed by atoms with Crippen molar-refractivity contribution in [1.82, 2.24) is 10.5 Å². The summed E-state index contributed by atoms with van der Waals surface area (Å²) in [5.74, 6) is 0.772. The van der Waals surface area contributed by atoms with Crippen LogP contribution < -0.4 is 14.8 Å². The molecule has 0 saturated carbocycles. The molecule has 0 unspecified atom stereocenters.